The first-order valence-corrected chi connectivity index (χ1v) is 11.1. The number of urea groups is 1. The molecule has 6 nitrogen and oxygen atoms in total. The molecule has 2 aromatic heterocycles. The molecule has 0 unspecified atom stereocenters. The number of rotatable bonds is 5. The SMILES string of the molecule is Cc1cc(C)c2cc(CN(Cc3cccnc3)C(=O)NC3CCCCC3)c(=O)[nH]c2c1. The molecular formula is C25H30N4O2. The number of fused-ring (bicyclic) bond motifs is 1. The standard InChI is InChI=1S/C25H30N4O2/c1-17-11-18(2)22-13-20(24(30)28-23(22)12-17)16-29(15-19-7-6-10-26-14-19)25(31)27-21-8-4-3-5-9-21/h6-7,10-14,21H,3-5,8-9,15-16H2,1-2H3,(H,27,31)(H,28,30). The van der Waals surface area contributed by atoms with E-state index < -0.39 is 0 Å². The molecule has 2 amide bonds. The summed E-state index contributed by atoms with van der Waals surface area (Å²) in [6.07, 6.45) is 9.04. The maximum atomic E-state index is 13.2. The van der Waals surface area contributed by atoms with Crippen molar-refractivity contribution >= 4 is 16.9 Å². The Labute approximate surface area is 182 Å². The van der Waals surface area contributed by atoms with E-state index in [-0.39, 0.29) is 24.2 Å². The lowest BCUT2D eigenvalue weighted by atomic mass is 9.96. The van der Waals surface area contributed by atoms with Crippen LogP contribution >= 0.6 is 0 Å². The number of carbonyl (C=O) groups is 1. The summed E-state index contributed by atoms with van der Waals surface area (Å²) in [4.78, 5) is 34.9. The molecular weight excluding hydrogens is 388 g/mol. The monoisotopic (exact) mass is 418 g/mol. The van der Waals surface area contributed by atoms with E-state index in [0.717, 1.165) is 53.3 Å². The van der Waals surface area contributed by atoms with E-state index in [1.165, 1.54) is 6.42 Å². The second-order valence-electron chi connectivity index (χ2n) is 8.67. The first-order chi connectivity index (χ1) is 15.0. The van der Waals surface area contributed by atoms with Crippen LogP contribution in [0, 0.1) is 13.8 Å². The van der Waals surface area contributed by atoms with Crippen LogP contribution in [0.15, 0.2) is 47.5 Å². The Balaban J connectivity index is 1.62. The third-order valence-electron chi connectivity index (χ3n) is 6.07. The minimum atomic E-state index is -0.154. The van der Waals surface area contributed by atoms with Gasteiger partial charge in [-0.25, -0.2) is 4.79 Å². The third kappa shape index (κ3) is 5.13. The van der Waals surface area contributed by atoms with Crippen LogP contribution in [0.3, 0.4) is 0 Å². The average molecular weight is 419 g/mol. The highest BCUT2D eigenvalue weighted by molar-refractivity contribution is 5.83. The number of nitrogens with one attached hydrogen (secondary N) is 2. The zero-order chi connectivity index (χ0) is 21.8. The van der Waals surface area contributed by atoms with Gasteiger partial charge in [-0.1, -0.05) is 31.4 Å². The molecule has 0 radical (unpaired) electrons. The summed E-state index contributed by atoms with van der Waals surface area (Å²) in [6.45, 7) is 4.70. The van der Waals surface area contributed by atoms with Crippen molar-refractivity contribution in [2.75, 3.05) is 0 Å². The molecule has 1 saturated carbocycles. The fraction of sp³-hybridized carbons (Fsp3) is 0.400. The van der Waals surface area contributed by atoms with Gasteiger partial charge in [0.15, 0.2) is 0 Å². The number of nitrogens with zero attached hydrogens (tertiary/aromatic N) is 2. The smallest absolute Gasteiger partial charge is 0.318 e. The Morgan fingerprint density at radius 2 is 1.97 bits per heavy atom. The zero-order valence-corrected chi connectivity index (χ0v) is 18.3. The molecule has 1 fully saturated rings. The number of aryl methyl sites for hydroxylation is 2. The molecule has 1 aromatic carbocycles. The van der Waals surface area contributed by atoms with Crippen LogP contribution in [0.5, 0.6) is 0 Å². The minimum absolute atomic E-state index is 0.129. The molecule has 162 valence electrons. The van der Waals surface area contributed by atoms with E-state index in [4.69, 9.17) is 0 Å². The van der Waals surface area contributed by atoms with E-state index in [1.54, 1.807) is 17.3 Å². The lowest BCUT2D eigenvalue weighted by Crippen LogP contribution is -2.45. The summed E-state index contributed by atoms with van der Waals surface area (Å²) in [5.41, 5.74) is 4.42. The number of carbonyl (C=O) groups excluding carboxylic acids is 1. The van der Waals surface area contributed by atoms with Crippen molar-refractivity contribution in [3.8, 4) is 0 Å². The number of pyridine rings is 2. The number of amides is 2. The van der Waals surface area contributed by atoms with Gasteiger partial charge in [0.05, 0.1) is 6.54 Å². The Bertz CT molecular complexity index is 1120. The van der Waals surface area contributed by atoms with Crippen molar-refractivity contribution in [3.05, 3.63) is 75.3 Å². The van der Waals surface area contributed by atoms with Crippen LogP contribution in [-0.4, -0.2) is 26.9 Å². The Morgan fingerprint density at radius 3 is 2.71 bits per heavy atom. The highest BCUT2D eigenvalue weighted by atomic mass is 16.2. The molecule has 1 aliphatic carbocycles. The number of aromatic amines is 1. The van der Waals surface area contributed by atoms with E-state index in [0.29, 0.717) is 12.1 Å². The molecule has 0 aliphatic heterocycles. The first-order valence-electron chi connectivity index (χ1n) is 11.1. The number of aromatic nitrogens is 2. The second kappa shape index (κ2) is 9.33. The van der Waals surface area contributed by atoms with Crippen molar-refractivity contribution in [1.82, 2.24) is 20.2 Å². The van der Waals surface area contributed by atoms with Crippen molar-refractivity contribution in [3.63, 3.8) is 0 Å². The van der Waals surface area contributed by atoms with Crippen LogP contribution in [-0.2, 0) is 13.1 Å². The second-order valence-corrected chi connectivity index (χ2v) is 8.67. The molecule has 0 saturated heterocycles. The molecule has 2 N–H and O–H groups in total. The van der Waals surface area contributed by atoms with Crippen LogP contribution in [0.2, 0.25) is 0 Å². The fourth-order valence-electron chi connectivity index (χ4n) is 4.46. The lowest BCUT2D eigenvalue weighted by molar-refractivity contribution is 0.184. The van der Waals surface area contributed by atoms with Gasteiger partial charge in [-0.05, 0) is 61.6 Å². The molecule has 3 aromatic rings. The molecule has 4 rings (SSSR count). The van der Waals surface area contributed by atoms with E-state index >= 15 is 0 Å². The molecule has 31 heavy (non-hydrogen) atoms. The molecule has 2 heterocycles. The van der Waals surface area contributed by atoms with Crippen molar-refractivity contribution in [2.24, 2.45) is 0 Å². The normalized spacial score (nSPS) is 14.5. The highest BCUT2D eigenvalue weighted by Gasteiger charge is 2.21. The Kier molecular flexibility index (Phi) is 6.35. The van der Waals surface area contributed by atoms with Crippen LogP contribution in [0.25, 0.3) is 10.9 Å². The zero-order valence-electron chi connectivity index (χ0n) is 18.3. The molecule has 0 atom stereocenters. The third-order valence-corrected chi connectivity index (χ3v) is 6.07. The maximum Gasteiger partial charge on any atom is 0.318 e. The largest absolute Gasteiger partial charge is 0.335 e. The summed E-state index contributed by atoms with van der Waals surface area (Å²) in [7, 11) is 0. The molecule has 0 bridgehead atoms. The van der Waals surface area contributed by atoms with E-state index in [9.17, 15) is 9.59 Å². The predicted octanol–water partition coefficient (Wildman–Crippen LogP) is 4.58. The summed E-state index contributed by atoms with van der Waals surface area (Å²) < 4.78 is 0. The molecule has 6 heteroatoms. The van der Waals surface area contributed by atoms with Crippen molar-refractivity contribution in [1.29, 1.82) is 0 Å². The molecule has 1 aliphatic rings. The number of H-pyrrole nitrogens is 1. The van der Waals surface area contributed by atoms with E-state index in [2.05, 4.69) is 21.4 Å². The van der Waals surface area contributed by atoms with E-state index in [1.807, 2.05) is 38.1 Å². The van der Waals surface area contributed by atoms with Gasteiger partial charge in [0.25, 0.3) is 5.56 Å². The topological polar surface area (TPSA) is 78.1 Å². The van der Waals surface area contributed by atoms with Gasteiger partial charge in [0.1, 0.15) is 0 Å². The van der Waals surface area contributed by atoms with Crippen LogP contribution in [0.4, 0.5) is 4.79 Å². The van der Waals surface area contributed by atoms with Gasteiger partial charge in [-0.2, -0.15) is 0 Å². The summed E-state index contributed by atoms with van der Waals surface area (Å²) in [6, 6.07) is 9.90. The van der Waals surface area contributed by atoms with Crippen molar-refractivity contribution < 1.29 is 4.79 Å². The number of hydrogen-bond donors (Lipinski definition) is 2. The average Bonchev–Trinajstić information content (AvgIpc) is 2.75. The lowest BCUT2D eigenvalue weighted by Gasteiger charge is -2.28. The predicted molar refractivity (Wildman–Crippen MR) is 123 cm³/mol. The van der Waals surface area contributed by atoms with Gasteiger partial charge in [-0.3, -0.25) is 9.78 Å². The summed E-state index contributed by atoms with van der Waals surface area (Å²) >= 11 is 0. The van der Waals surface area contributed by atoms with Crippen LogP contribution < -0.4 is 10.9 Å². The van der Waals surface area contributed by atoms with Gasteiger partial charge in [0, 0.05) is 41.4 Å². The van der Waals surface area contributed by atoms with Gasteiger partial charge < -0.3 is 15.2 Å². The van der Waals surface area contributed by atoms with Gasteiger partial charge >= 0.3 is 6.03 Å². The Morgan fingerprint density at radius 1 is 1.16 bits per heavy atom. The first kappa shape index (κ1) is 21.1. The van der Waals surface area contributed by atoms with Crippen molar-refractivity contribution in [2.45, 2.75) is 65.1 Å². The maximum absolute atomic E-state index is 13.2. The summed E-state index contributed by atoms with van der Waals surface area (Å²) in [5, 5.41) is 4.20. The van der Waals surface area contributed by atoms with Gasteiger partial charge in [0.2, 0.25) is 0 Å². The minimum Gasteiger partial charge on any atom is -0.335 e. The van der Waals surface area contributed by atoms with Crippen LogP contribution in [0.1, 0.15) is 54.4 Å². The molecule has 0 spiro atoms. The Hall–Kier alpha value is -3.15. The fourth-order valence-corrected chi connectivity index (χ4v) is 4.46. The van der Waals surface area contributed by atoms with Gasteiger partial charge in [-0.15, -0.1) is 0 Å². The number of benzene rings is 1. The summed E-state index contributed by atoms with van der Waals surface area (Å²) in [5.74, 6) is 0. The quantitative estimate of drug-likeness (QED) is 0.636. The highest BCUT2D eigenvalue weighted by Crippen LogP contribution is 2.21. The number of hydrogen-bond acceptors (Lipinski definition) is 3.